The minimum Gasteiger partial charge on any atom is -0.376 e. The van der Waals surface area contributed by atoms with Crippen LogP contribution in [0.5, 0.6) is 0 Å². The number of carbonyl (C=O) groups excluding carboxylic acids is 1. The summed E-state index contributed by atoms with van der Waals surface area (Å²) in [6, 6.07) is 6.34. The SMILES string of the molecule is N=C(F)c1nc(NCc2ccc(F)c(F)c2)[nH]c(=O)c1NC1CCN(C(=O)c2ccncc2)CC1. The minimum absolute atomic E-state index is 0.0179. The fraction of sp³-hybridized carbons (Fsp3) is 0.261. The van der Waals surface area contributed by atoms with Gasteiger partial charge in [-0.15, -0.1) is 0 Å². The predicted molar refractivity (Wildman–Crippen MR) is 123 cm³/mol. The van der Waals surface area contributed by atoms with Gasteiger partial charge in [-0.05, 0) is 42.7 Å². The van der Waals surface area contributed by atoms with E-state index in [9.17, 15) is 22.8 Å². The Balaban J connectivity index is 1.42. The molecule has 0 aliphatic carbocycles. The zero-order chi connectivity index (χ0) is 24.9. The second-order valence-corrected chi connectivity index (χ2v) is 8.00. The highest BCUT2D eigenvalue weighted by molar-refractivity contribution is 5.95. The number of nitrogens with one attached hydrogen (secondary N) is 4. The largest absolute Gasteiger partial charge is 0.376 e. The first kappa shape index (κ1) is 23.9. The van der Waals surface area contributed by atoms with Gasteiger partial charge in [0.15, 0.2) is 17.3 Å². The molecule has 3 aromatic rings. The quantitative estimate of drug-likeness (QED) is 0.381. The molecule has 1 aliphatic rings. The van der Waals surface area contributed by atoms with Crippen molar-refractivity contribution in [2.45, 2.75) is 25.4 Å². The van der Waals surface area contributed by atoms with Crippen LogP contribution in [0.25, 0.3) is 0 Å². The molecule has 12 heteroatoms. The number of H-pyrrole nitrogens is 1. The summed E-state index contributed by atoms with van der Waals surface area (Å²) in [5.74, 6) is -3.66. The smallest absolute Gasteiger partial charge is 0.276 e. The van der Waals surface area contributed by atoms with Crippen LogP contribution in [0.1, 0.15) is 34.5 Å². The lowest BCUT2D eigenvalue weighted by Crippen LogP contribution is -2.43. The van der Waals surface area contributed by atoms with E-state index in [1.54, 1.807) is 29.4 Å². The van der Waals surface area contributed by atoms with Gasteiger partial charge in [-0.2, -0.15) is 4.39 Å². The van der Waals surface area contributed by atoms with Crippen molar-refractivity contribution in [3.8, 4) is 0 Å². The maximum absolute atomic E-state index is 14.0. The summed E-state index contributed by atoms with van der Waals surface area (Å²) in [5.41, 5.74) is -0.447. The summed E-state index contributed by atoms with van der Waals surface area (Å²) in [4.78, 5) is 37.3. The van der Waals surface area contributed by atoms with Crippen molar-refractivity contribution in [3.63, 3.8) is 0 Å². The number of hydrogen-bond donors (Lipinski definition) is 4. The zero-order valence-corrected chi connectivity index (χ0v) is 18.4. The van der Waals surface area contributed by atoms with Crippen LogP contribution in [0.3, 0.4) is 0 Å². The lowest BCUT2D eigenvalue weighted by atomic mass is 10.0. The number of nitrogens with zero attached hydrogens (tertiary/aromatic N) is 3. The van der Waals surface area contributed by atoms with Crippen LogP contribution in [0.15, 0.2) is 47.5 Å². The van der Waals surface area contributed by atoms with Gasteiger partial charge in [-0.1, -0.05) is 6.07 Å². The average molecular weight is 485 g/mol. The number of rotatable bonds is 7. The van der Waals surface area contributed by atoms with E-state index in [2.05, 4.69) is 25.6 Å². The first-order valence-electron chi connectivity index (χ1n) is 10.8. The summed E-state index contributed by atoms with van der Waals surface area (Å²) in [5, 5.41) is 13.1. The van der Waals surface area contributed by atoms with Gasteiger partial charge in [-0.25, -0.2) is 13.8 Å². The van der Waals surface area contributed by atoms with Crippen LogP contribution in [-0.4, -0.2) is 50.9 Å². The Bertz CT molecular complexity index is 1290. The fourth-order valence-corrected chi connectivity index (χ4v) is 3.79. The molecule has 0 spiro atoms. The third-order valence-corrected chi connectivity index (χ3v) is 5.63. The third kappa shape index (κ3) is 5.65. The highest BCUT2D eigenvalue weighted by Crippen LogP contribution is 2.20. The third-order valence-electron chi connectivity index (χ3n) is 5.63. The second kappa shape index (κ2) is 10.4. The summed E-state index contributed by atoms with van der Waals surface area (Å²) in [6.45, 7) is 0.844. The molecule has 2 aromatic heterocycles. The summed E-state index contributed by atoms with van der Waals surface area (Å²) >= 11 is 0. The molecule has 182 valence electrons. The van der Waals surface area contributed by atoms with Crippen LogP contribution >= 0.6 is 0 Å². The Hall–Kier alpha value is -4.22. The maximum Gasteiger partial charge on any atom is 0.276 e. The van der Waals surface area contributed by atoms with Crippen molar-refractivity contribution in [3.05, 3.63) is 81.5 Å². The van der Waals surface area contributed by atoms with E-state index >= 15 is 0 Å². The lowest BCUT2D eigenvalue weighted by Gasteiger charge is -2.33. The molecule has 1 aromatic carbocycles. The van der Waals surface area contributed by atoms with Crippen molar-refractivity contribution in [1.29, 1.82) is 5.41 Å². The summed E-state index contributed by atoms with van der Waals surface area (Å²) < 4.78 is 40.4. The van der Waals surface area contributed by atoms with Crippen molar-refractivity contribution in [2.75, 3.05) is 23.7 Å². The minimum atomic E-state index is -1.40. The van der Waals surface area contributed by atoms with E-state index in [1.165, 1.54) is 6.07 Å². The predicted octanol–water partition coefficient (Wildman–Crippen LogP) is 3.07. The highest BCUT2D eigenvalue weighted by atomic mass is 19.2. The molecule has 4 N–H and O–H groups in total. The highest BCUT2D eigenvalue weighted by Gasteiger charge is 2.26. The van der Waals surface area contributed by atoms with Gasteiger partial charge in [0.2, 0.25) is 11.9 Å². The molecular formula is C23H22F3N7O2. The fourth-order valence-electron chi connectivity index (χ4n) is 3.79. The van der Waals surface area contributed by atoms with Crippen LogP contribution < -0.4 is 16.2 Å². The number of likely N-dealkylation sites (tertiary alicyclic amines) is 1. The Labute approximate surface area is 197 Å². The van der Waals surface area contributed by atoms with Crippen molar-refractivity contribution < 1.29 is 18.0 Å². The molecular weight excluding hydrogens is 463 g/mol. The number of piperidine rings is 1. The molecule has 1 aliphatic heterocycles. The maximum atomic E-state index is 14.0. The molecule has 3 heterocycles. The van der Waals surface area contributed by atoms with E-state index in [0.717, 1.165) is 12.1 Å². The van der Waals surface area contributed by atoms with Crippen molar-refractivity contribution in [1.82, 2.24) is 19.9 Å². The number of amides is 1. The van der Waals surface area contributed by atoms with E-state index in [-0.39, 0.29) is 30.1 Å². The molecule has 35 heavy (non-hydrogen) atoms. The zero-order valence-electron chi connectivity index (χ0n) is 18.4. The summed E-state index contributed by atoms with van der Waals surface area (Å²) in [7, 11) is 0. The first-order chi connectivity index (χ1) is 16.8. The van der Waals surface area contributed by atoms with E-state index in [0.29, 0.717) is 37.1 Å². The summed E-state index contributed by atoms with van der Waals surface area (Å²) in [6.07, 6.45) is 4.10. The molecule has 0 atom stereocenters. The standard InChI is InChI=1S/C23H22F3N7O2/c24-16-2-1-13(11-17(16)25)12-29-23-31-18(20(26)27)19(21(34)32-23)30-15-5-9-33(10-6-15)22(35)14-3-7-28-8-4-14/h1-4,7-8,11,15,27,30H,5-6,9-10,12H2,(H2,29,31,32,34). The average Bonchev–Trinajstić information content (AvgIpc) is 2.86. The van der Waals surface area contributed by atoms with Crippen LogP contribution in [0.4, 0.5) is 24.8 Å². The van der Waals surface area contributed by atoms with Crippen LogP contribution in [0.2, 0.25) is 0 Å². The molecule has 1 saturated heterocycles. The first-order valence-corrected chi connectivity index (χ1v) is 10.8. The number of hydrogen-bond acceptors (Lipinski definition) is 7. The van der Waals surface area contributed by atoms with Gasteiger partial charge in [0.1, 0.15) is 5.69 Å². The number of halogens is 3. The lowest BCUT2D eigenvalue weighted by molar-refractivity contribution is 0.0718. The van der Waals surface area contributed by atoms with E-state index in [4.69, 9.17) is 5.41 Å². The normalized spacial score (nSPS) is 14.0. The molecule has 9 nitrogen and oxygen atoms in total. The molecule has 4 rings (SSSR count). The van der Waals surface area contributed by atoms with Gasteiger partial charge in [0.25, 0.3) is 11.5 Å². The van der Waals surface area contributed by atoms with Gasteiger partial charge in [0.05, 0.1) is 0 Å². The topological polar surface area (TPSA) is 127 Å². The number of pyridine rings is 1. The Morgan fingerprint density at radius 3 is 2.51 bits per heavy atom. The Morgan fingerprint density at radius 1 is 1.14 bits per heavy atom. The Morgan fingerprint density at radius 2 is 1.86 bits per heavy atom. The molecule has 0 bridgehead atoms. The van der Waals surface area contributed by atoms with Gasteiger partial charge < -0.3 is 15.5 Å². The van der Waals surface area contributed by atoms with Gasteiger partial charge in [-0.3, -0.25) is 25.0 Å². The number of aromatic amines is 1. The van der Waals surface area contributed by atoms with Gasteiger partial charge >= 0.3 is 0 Å². The number of anilines is 2. The van der Waals surface area contributed by atoms with E-state index in [1.807, 2.05) is 0 Å². The molecule has 1 fully saturated rings. The van der Waals surface area contributed by atoms with Crippen LogP contribution in [0, 0.1) is 17.0 Å². The number of carbonyl (C=O) groups is 1. The molecule has 1 amide bonds. The molecule has 0 saturated carbocycles. The Kier molecular flexibility index (Phi) is 7.09. The molecule has 0 unspecified atom stereocenters. The number of aromatic nitrogens is 3. The molecule has 0 radical (unpaired) electrons. The van der Waals surface area contributed by atoms with Crippen molar-refractivity contribution >= 4 is 23.5 Å². The van der Waals surface area contributed by atoms with Crippen LogP contribution in [-0.2, 0) is 6.54 Å². The number of benzene rings is 1. The van der Waals surface area contributed by atoms with Gasteiger partial charge in [0, 0.05) is 43.6 Å². The second-order valence-electron chi connectivity index (χ2n) is 8.00. The monoisotopic (exact) mass is 485 g/mol. The van der Waals surface area contributed by atoms with E-state index < -0.39 is 28.9 Å². The van der Waals surface area contributed by atoms with Crippen molar-refractivity contribution in [2.24, 2.45) is 0 Å².